The number of rotatable bonds is 3. The third-order valence-corrected chi connectivity index (χ3v) is 4.26. The second kappa shape index (κ2) is 5.75. The number of fused-ring (bicyclic) bond motifs is 1. The van der Waals surface area contributed by atoms with Gasteiger partial charge in [-0.15, -0.1) is 0 Å². The Balaban J connectivity index is 1.77. The highest BCUT2D eigenvalue weighted by atomic mass is 35.5. The number of nitrogens with zero attached hydrogens (tertiary/aromatic N) is 3. The average Bonchev–Trinajstić information content (AvgIpc) is 3.25. The van der Waals surface area contributed by atoms with Gasteiger partial charge in [0, 0.05) is 17.3 Å². The molecule has 3 aromatic heterocycles. The highest BCUT2D eigenvalue weighted by Gasteiger charge is 2.18. The van der Waals surface area contributed by atoms with Crippen molar-refractivity contribution in [2.45, 2.75) is 6.92 Å². The lowest BCUT2D eigenvalue weighted by Crippen LogP contribution is -2.06. The molecule has 0 radical (unpaired) electrons. The Hall–Kier alpha value is -3.12. The molecule has 25 heavy (non-hydrogen) atoms. The molecule has 7 heteroatoms. The second-order valence-electron chi connectivity index (χ2n) is 5.57. The summed E-state index contributed by atoms with van der Waals surface area (Å²) in [6, 6.07) is 9.73. The third-order valence-electron chi connectivity index (χ3n) is 3.85. The van der Waals surface area contributed by atoms with Gasteiger partial charge < -0.3 is 9.52 Å². The number of carbonyl (C=O) groups is 1. The Kier molecular flexibility index (Phi) is 3.54. The van der Waals surface area contributed by atoms with E-state index in [9.17, 15) is 9.90 Å². The van der Waals surface area contributed by atoms with E-state index in [0.717, 1.165) is 0 Å². The van der Waals surface area contributed by atoms with E-state index in [4.69, 9.17) is 16.0 Å². The molecule has 4 aromatic rings. The highest BCUT2D eigenvalue weighted by Crippen LogP contribution is 2.27. The Morgan fingerprint density at radius 2 is 2.12 bits per heavy atom. The Morgan fingerprint density at radius 1 is 1.28 bits per heavy atom. The third kappa shape index (κ3) is 2.66. The molecule has 0 atom stereocenters. The van der Waals surface area contributed by atoms with Gasteiger partial charge in [0.05, 0.1) is 11.8 Å². The van der Waals surface area contributed by atoms with Gasteiger partial charge in [-0.3, -0.25) is 4.79 Å². The van der Waals surface area contributed by atoms with Gasteiger partial charge in [-0.2, -0.15) is 5.10 Å². The number of phenolic OH excluding ortho intramolecular Hbond substituents is 1. The molecule has 3 heterocycles. The van der Waals surface area contributed by atoms with Gasteiger partial charge in [0.1, 0.15) is 17.1 Å². The topological polar surface area (TPSA) is 80.6 Å². The number of hydrogen-bond donors (Lipinski definition) is 1. The van der Waals surface area contributed by atoms with Gasteiger partial charge in [0.15, 0.2) is 11.4 Å². The summed E-state index contributed by atoms with van der Waals surface area (Å²) < 4.78 is 6.87. The lowest BCUT2D eigenvalue weighted by molar-refractivity contribution is 0.103. The normalized spacial score (nSPS) is 11.1. The van der Waals surface area contributed by atoms with Crippen molar-refractivity contribution in [3.63, 3.8) is 0 Å². The van der Waals surface area contributed by atoms with Gasteiger partial charge in [-0.25, -0.2) is 9.50 Å². The number of phenols is 1. The van der Waals surface area contributed by atoms with Gasteiger partial charge in [0.25, 0.3) is 0 Å². The minimum atomic E-state index is -0.414. The number of aromatic nitrogens is 3. The van der Waals surface area contributed by atoms with Gasteiger partial charge in [-0.1, -0.05) is 11.6 Å². The summed E-state index contributed by atoms with van der Waals surface area (Å²) in [6.07, 6.45) is 3.19. The van der Waals surface area contributed by atoms with Crippen LogP contribution in [0.2, 0.25) is 5.02 Å². The number of furan rings is 1. The smallest absolute Gasteiger partial charge is 0.215 e. The predicted molar refractivity (Wildman–Crippen MR) is 92.0 cm³/mol. The van der Waals surface area contributed by atoms with Crippen LogP contribution in [0, 0.1) is 6.92 Å². The van der Waals surface area contributed by atoms with Gasteiger partial charge >= 0.3 is 0 Å². The summed E-state index contributed by atoms with van der Waals surface area (Å²) in [4.78, 5) is 17.0. The van der Waals surface area contributed by atoms with Crippen LogP contribution in [0.25, 0.3) is 17.1 Å². The van der Waals surface area contributed by atoms with E-state index in [1.807, 2.05) is 0 Å². The van der Waals surface area contributed by atoms with Crippen molar-refractivity contribution in [2.24, 2.45) is 0 Å². The van der Waals surface area contributed by atoms with Crippen LogP contribution in [-0.4, -0.2) is 25.5 Å². The van der Waals surface area contributed by atoms with Crippen molar-refractivity contribution in [1.82, 2.24) is 14.6 Å². The van der Waals surface area contributed by atoms with Crippen LogP contribution in [0.5, 0.6) is 5.75 Å². The minimum Gasteiger partial charge on any atom is -0.507 e. The maximum atomic E-state index is 12.7. The Labute approximate surface area is 147 Å². The number of aromatic hydroxyl groups is 1. The first-order chi connectivity index (χ1) is 12.0. The highest BCUT2D eigenvalue weighted by molar-refractivity contribution is 6.32. The average molecular weight is 354 g/mol. The van der Waals surface area contributed by atoms with Crippen molar-refractivity contribution in [1.29, 1.82) is 0 Å². The maximum Gasteiger partial charge on any atom is 0.215 e. The largest absolute Gasteiger partial charge is 0.507 e. The molecule has 0 fully saturated rings. The van der Waals surface area contributed by atoms with Crippen LogP contribution in [0.4, 0.5) is 0 Å². The fraction of sp³-hybridized carbons (Fsp3) is 0.0556. The lowest BCUT2D eigenvalue weighted by Gasteiger charge is -2.06. The van der Waals surface area contributed by atoms with Gasteiger partial charge in [0.2, 0.25) is 5.78 Å². The lowest BCUT2D eigenvalue weighted by atomic mass is 10.0. The summed E-state index contributed by atoms with van der Waals surface area (Å²) in [5.41, 5.74) is 2.10. The van der Waals surface area contributed by atoms with E-state index in [2.05, 4.69) is 10.1 Å². The van der Waals surface area contributed by atoms with Crippen LogP contribution in [-0.2, 0) is 0 Å². The zero-order valence-electron chi connectivity index (χ0n) is 13.1. The molecule has 6 nitrogen and oxygen atoms in total. The van der Waals surface area contributed by atoms with Gasteiger partial charge in [-0.05, 0) is 42.8 Å². The van der Waals surface area contributed by atoms with Crippen LogP contribution >= 0.6 is 11.6 Å². The second-order valence-corrected chi connectivity index (χ2v) is 5.98. The van der Waals surface area contributed by atoms with E-state index in [0.29, 0.717) is 27.7 Å². The number of halogens is 1. The standard InChI is InChI=1S/C18H12ClN3O3/c1-10-7-15(23)11(8-12(10)19)18(24)13-4-5-22-17(20-13)9-14(21-22)16-3-2-6-25-16/h2-9,23H,1H3. The Morgan fingerprint density at radius 3 is 2.88 bits per heavy atom. The van der Waals surface area contributed by atoms with E-state index in [1.165, 1.54) is 12.1 Å². The molecular weight excluding hydrogens is 342 g/mol. The van der Waals surface area contributed by atoms with Crippen LogP contribution < -0.4 is 0 Å². The Bertz CT molecular complexity index is 1100. The molecule has 1 aromatic carbocycles. The number of benzene rings is 1. The van der Waals surface area contributed by atoms with Crippen molar-refractivity contribution in [3.05, 3.63) is 70.7 Å². The van der Waals surface area contributed by atoms with Crippen LogP contribution in [0.1, 0.15) is 21.6 Å². The number of ketones is 1. The van der Waals surface area contributed by atoms with E-state index >= 15 is 0 Å². The van der Waals surface area contributed by atoms with Crippen molar-refractivity contribution >= 4 is 23.0 Å². The first kappa shape index (κ1) is 15.4. The first-order valence-electron chi connectivity index (χ1n) is 7.47. The number of hydrogen-bond acceptors (Lipinski definition) is 5. The van der Waals surface area contributed by atoms with Crippen molar-refractivity contribution < 1.29 is 14.3 Å². The SMILES string of the molecule is Cc1cc(O)c(C(=O)c2ccn3nc(-c4ccco4)cc3n2)cc1Cl. The fourth-order valence-corrected chi connectivity index (χ4v) is 2.70. The predicted octanol–water partition coefficient (Wildman–Crippen LogP) is 3.89. The minimum absolute atomic E-state index is 0.109. The molecule has 0 spiro atoms. The van der Waals surface area contributed by atoms with Crippen LogP contribution in [0.3, 0.4) is 0 Å². The summed E-state index contributed by atoms with van der Waals surface area (Å²) in [5.74, 6) is 0.0716. The molecule has 1 N–H and O–H groups in total. The molecule has 124 valence electrons. The molecule has 0 saturated carbocycles. The molecule has 0 amide bonds. The molecule has 0 bridgehead atoms. The molecule has 0 aliphatic carbocycles. The maximum absolute atomic E-state index is 12.7. The zero-order chi connectivity index (χ0) is 17.6. The fourth-order valence-electron chi connectivity index (χ4n) is 2.54. The zero-order valence-corrected chi connectivity index (χ0v) is 13.9. The van der Waals surface area contributed by atoms with E-state index < -0.39 is 5.78 Å². The summed E-state index contributed by atoms with van der Waals surface area (Å²) in [5, 5.41) is 14.8. The molecular formula is C18H12ClN3O3. The summed E-state index contributed by atoms with van der Waals surface area (Å²) in [6.45, 7) is 1.75. The van der Waals surface area contributed by atoms with E-state index in [1.54, 1.807) is 48.2 Å². The summed E-state index contributed by atoms with van der Waals surface area (Å²) in [7, 11) is 0. The summed E-state index contributed by atoms with van der Waals surface area (Å²) >= 11 is 6.06. The molecule has 0 unspecified atom stereocenters. The molecule has 0 saturated heterocycles. The number of aryl methyl sites for hydroxylation is 1. The van der Waals surface area contributed by atoms with Crippen molar-refractivity contribution in [2.75, 3.05) is 0 Å². The quantitative estimate of drug-likeness (QED) is 0.565. The molecule has 0 aliphatic rings. The molecule has 0 aliphatic heterocycles. The number of carbonyl (C=O) groups excluding carboxylic acids is 1. The van der Waals surface area contributed by atoms with E-state index in [-0.39, 0.29) is 17.0 Å². The molecule has 4 rings (SSSR count). The van der Waals surface area contributed by atoms with Crippen molar-refractivity contribution in [3.8, 4) is 17.2 Å². The monoisotopic (exact) mass is 353 g/mol. The van der Waals surface area contributed by atoms with Crippen LogP contribution in [0.15, 0.2) is 53.3 Å². The first-order valence-corrected chi connectivity index (χ1v) is 7.85.